The molecule has 2 aliphatic heterocycles. The molecule has 0 N–H and O–H groups in total. The largest absolute Gasteiger partial charge is 0.373 e. The number of benzene rings is 1. The van der Waals surface area contributed by atoms with Crippen LogP contribution in [0, 0.1) is 11.5 Å². The van der Waals surface area contributed by atoms with Crippen LogP contribution >= 0.6 is 11.6 Å². The molecule has 1 aromatic carbocycles. The lowest BCUT2D eigenvalue weighted by molar-refractivity contribution is -0.0143. The Morgan fingerprint density at radius 1 is 1.24 bits per heavy atom. The van der Waals surface area contributed by atoms with Crippen LogP contribution < -0.4 is 0 Å². The number of ether oxygens (including phenoxy) is 1. The highest BCUT2D eigenvalue weighted by Gasteiger charge is 2.41. The molecule has 2 bridgehead atoms. The second-order valence-corrected chi connectivity index (χ2v) is 8.98. The van der Waals surface area contributed by atoms with Crippen molar-refractivity contribution in [2.45, 2.75) is 82.6 Å². The first-order chi connectivity index (χ1) is 14.2. The van der Waals surface area contributed by atoms with Crippen LogP contribution in [0.2, 0.25) is 5.02 Å². The van der Waals surface area contributed by atoms with E-state index in [4.69, 9.17) is 20.9 Å². The van der Waals surface area contributed by atoms with Crippen molar-refractivity contribution in [2.24, 2.45) is 0 Å². The Morgan fingerprint density at radius 2 is 2.00 bits per heavy atom. The van der Waals surface area contributed by atoms with Crippen LogP contribution in [0.15, 0.2) is 22.7 Å². The van der Waals surface area contributed by atoms with Crippen molar-refractivity contribution in [3.05, 3.63) is 40.1 Å². The first-order valence-electron chi connectivity index (χ1n) is 10.8. The predicted molar refractivity (Wildman–Crippen MR) is 110 cm³/mol. The maximum atomic E-state index is 9.38. The summed E-state index contributed by atoms with van der Waals surface area (Å²) < 4.78 is 12.2. The first kappa shape index (κ1) is 19.0. The SMILES string of the molecule is CCc1cccc(Cl)c1-c1noc(C2CC2)c1COC1C[C@H]2CC[C@@H](C1)N2C#N. The average Bonchev–Trinajstić information content (AvgIpc) is 3.44. The number of nitrogens with zero attached hydrogens (tertiary/aromatic N) is 3. The molecule has 1 aliphatic carbocycles. The summed E-state index contributed by atoms with van der Waals surface area (Å²) in [7, 11) is 0. The van der Waals surface area contributed by atoms with Gasteiger partial charge >= 0.3 is 0 Å². The smallest absolute Gasteiger partial charge is 0.179 e. The van der Waals surface area contributed by atoms with Gasteiger partial charge in [0.2, 0.25) is 0 Å². The van der Waals surface area contributed by atoms with Crippen molar-refractivity contribution in [1.29, 1.82) is 5.26 Å². The molecule has 3 atom stereocenters. The molecule has 5 nitrogen and oxygen atoms in total. The zero-order valence-electron chi connectivity index (χ0n) is 16.7. The third-order valence-corrected chi connectivity index (χ3v) is 7.07. The van der Waals surface area contributed by atoms with Crippen LogP contribution in [0.1, 0.15) is 68.3 Å². The molecule has 0 spiro atoms. The molecular weight excluding hydrogens is 386 g/mol. The van der Waals surface area contributed by atoms with Crippen molar-refractivity contribution in [2.75, 3.05) is 0 Å². The summed E-state index contributed by atoms with van der Waals surface area (Å²) in [6.45, 7) is 2.63. The third kappa shape index (κ3) is 3.43. The monoisotopic (exact) mass is 411 g/mol. The van der Waals surface area contributed by atoms with Gasteiger partial charge in [-0.2, -0.15) is 5.26 Å². The third-order valence-electron chi connectivity index (χ3n) is 6.75. The lowest BCUT2D eigenvalue weighted by Gasteiger charge is -2.35. The second kappa shape index (κ2) is 7.66. The van der Waals surface area contributed by atoms with E-state index in [1.165, 1.54) is 5.56 Å². The molecule has 3 fully saturated rings. The Balaban J connectivity index is 1.41. The summed E-state index contributed by atoms with van der Waals surface area (Å²) in [6.07, 6.45) is 9.80. The highest BCUT2D eigenvalue weighted by Crippen LogP contribution is 2.46. The molecule has 3 aliphatic rings. The Labute approximate surface area is 176 Å². The number of halogens is 1. The normalized spacial score (nSPS) is 26.0. The van der Waals surface area contributed by atoms with Crippen molar-refractivity contribution in [3.8, 4) is 17.5 Å². The second-order valence-electron chi connectivity index (χ2n) is 8.57. The van der Waals surface area contributed by atoms with Gasteiger partial charge in [-0.1, -0.05) is 35.8 Å². The van der Waals surface area contributed by atoms with E-state index >= 15 is 0 Å². The Bertz CT molecular complexity index is 932. The van der Waals surface area contributed by atoms with Crippen LogP contribution in [-0.4, -0.2) is 28.2 Å². The van der Waals surface area contributed by atoms with Gasteiger partial charge in [0.05, 0.1) is 17.7 Å². The minimum absolute atomic E-state index is 0.184. The van der Waals surface area contributed by atoms with E-state index in [1.807, 2.05) is 17.0 Å². The highest BCUT2D eigenvalue weighted by atomic mass is 35.5. The van der Waals surface area contributed by atoms with Crippen molar-refractivity contribution < 1.29 is 9.26 Å². The standard InChI is InChI=1S/C23H26ClN3O2/c1-2-14-4-3-5-20(24)21(14)22-19(23(29-26-22)15-6-7-15)12-28-18-10-16-8-9-17(11-18)27(16)13-25/h3-5,15-18H,2,6-12H2,1H3/t16-,17+,18?. The van der Waals surface area contributed by atoms with Gasteiger partial charge in [-0.25, -0.2) is 0 Å². The first-order valence-corrected chi connectivity index (χ1v) is 11.1. The molecule has 1 saturated carbocycles. The molecule has 1 aromatic heterocycles. The van der Waals surface area contributed by atoms with E-state index in [-0.39, 0.29) is 6.10 Å². The number of hydrogen-bond acceptors (Lipinski definition) is 5. The van der Waals surface area contributed by atoms with E-state index in [0.717, 1.165) is 67.5 Å². The fourth-order valence-corrected chi connectivity index (χ4v) is 5.36. The van der Waals surface area contributed by atoms with Gasteiger partial charge in [-0.05, 0) is 56.6 Å². The molecule has 5 rings (SSSR count). The van der Waals surface area contributed by atoms with Gasteiger partial charge in [-0.3, -0.25) is 0 Å². The zero-order chi connectivity index (χ0) is 20.0. The minimum atomic E-state index is 0.184. The number of hydrogen-bond donors (Lipinski definition) is 0. The van der Waals surface area contributed by atoms with Gasteiger partial charge < -0.3 is 14.2 Å². The molecule has 0 radical (unpaired) electrons. The molecule has 0 amide bonds. The van der Waals surface area contributed by atoms with Crippen molar-refractivity contribution in [3.63, 3.8) is 0 Å². The maximum absolute atomic E-state index is 9.38. The molecule has 29 heavy (non-hydrogen) atoms. The number of rotatable bonds is 6. The van der Waals surface area contributed by atoms with Gasteiger partial charge in [-0.15, -0.1) is 0 Å². The summed E-state index contributed by atoms with van der Waals surface area (Å²) in [5, 5.41) is 14.5. The Hall–Kier alpha value is -2.03. The lowest BCUT2D eigenvalue weighted by Crippen LogP contribution is -2.42. The number of aryl methyl sites for hydroxylation is 1. The molecule has 152 valence electrons. The Kier molecular flexibility index (Phi) is 5.01. The Morgan fingerprint density at radius 3 is 2.66 bits per heavy atom. The van der Waals surface area contributed by atoms with Crippen molar-refractivity contribution >= 4 is 11.6 Å². The average molecular weight is 412 g/mol. The summed E-state index contributed by atoms with van der Waals surface area (Å²) >= 11 is 6.59. The van der Waals surface area contributed by atoms with Gasteiger partial charge in [0.1, 0.15) is 11.5 Å². The highest BCUT2D eigenvalue weighted by molar-refractivity contribution is 6.33. The van der Waals surface area contributed by atoms with Crippen LogP contribution in [-0.2, 0) is 17.8 Å². The summed E-state index contributed by atoms with van der Waals surface area (Å²) in [5.74, 6) is 1.43. The van der Waals surface area contributed by atoms with E-state index in [9.17, 15) is 5.26 Å². The van der Waals surface area contributed by atoms with E-state index in [2.05, 4.69) is 24.3 Å². The fourth-order valence-electron chi connectivity index (χ4n) is 5.08. The van der Waals surface area contributed by atoms with Gasteiger partial charge in [0.25, 0.3) is 0 Å². The summed E-state index contributed by atoms with van der Waals surface area (Å²) in [4.78, 5) is 1.98. The quantitative estimate of drug-likeness (QED) is 0.593. The van der Waals surface area contributed by atoms with Crippen molar-refractivity contribution in [1.82, 2.24) is 10.1 Å². The number of piperidine rings is 1. The number of nitriles is 1. The molecule has 6 heteroatoms. The van der Waals surface area contributed by atoms with Crippen LogP contribution in [0.4, 0.5) is 0 Å². The molecule has 2 aromatic rings. The number of aromatic nitrogens is 1. The van der Waals surface area contributed by atoms with E-state index in [1.54, 1.807) is 0 Å². The topological polar surface area (TPSA) is 62.3 Å². The maximum Gasteiger partial charge on any atom is 0.179 e. The summed E-state index contributed by atoms with van der Waals surface area (Å²) in [5.41, 5.74) is 4.05. The zero-order valence-corrected chi connectivity index (χ0v) is 17.5. The lowest BCUT2D eigenvalue weighted by atomic mass is 9.97. The van der Waals surface area contributed by atoms with Crippen LogP contribution in [0.5, 0.6) is 0 Å². The minimum Gasteiger partial charge on any atom is -0.373 e. The molecule has 3 heterocycles. The van der Waals surface area contributed by atoms with Crippen LogP contribution in [0.3, 0.4) is 0 Å². The molecule has 2 saturated heterocycles. The van der Waals surface area contributed by atoms with Crippen LogP contribution in [0.25, 0.3) is 11.3 Å². The fraction of sp³-hybridized carbons (Fsp3) is 0.565. The van der Waals surface area contributed by atoms with E-state index in [0.29, 0.717) is 29.6 Å². The van der Waals surface area contributed by atoms with Gasteiger partial charge in [0.15, 0.2) is 6.19 Å². The van der Waals surface area contributed by atoms with E-state index < -0.39 is 0 Å². The van der Waals surface area contributed by atoms with Gasteiger partial charge in [0, 0.05) is 29.1 Å². The number of fused-ring (bicyclic) bond motifs is 2. The molecule has 1 unspecified atom stereocenters. The predicted octanol–water partition coefficient (Wildman–Crippen LogP) is 5.43. The summed E-state index contributed by atoms with van der Waals surface area (Å²) in [6, 6.07) is 6.68. The molecular formula is C23H26ClN3O2.